The third-order valence-electron chi connectivity index (χ3n) is 5.69. The summed E-state index contributed by atoms with van der Waals surface area (Å²) in [4.78, 5) is 22.6. The first kappa shape index (κ1) is 20.1. The van der Waals surface area contributed by atoms with Crippen molar-refractivity contribution in [2.75, 3.05) is 42.9 Å². The Kier molecular flexibility index (Phi) is 6.40. The highest BCUT2D eigenvalue weighted by atomic mass is 16.1. The zero-order valence-electron chi connectivity index (χ0n) is 17.4. The first-order valence-electron chi connectivity index (χ1n) is 10.6. The number of rotatable bonds is 6. The molecule has 0 bridgehead atoms. The molecular weight excluding hydrogens is 372 g/mol. The van der Waals surface area contributed by atoms with E-state index < -0.39 is 0 Å². The van der Waals surface area contributed by atoms with Crippen LogP contribution in [-0.4, -0.2) is 48.5 Å². The minimum atomic E-state index is -0.366. The fourth-order valence-electron chi connectivity index (χ4n) is 3.94. The number of carbonyl (C=O) groups is 1. The average molecular weight is 401 g/mol. The highest BCUT2D eigenvalue weighted by Crippen LogP contribution is 2.26. The lowest BCUT2D eigenvalue weighted by molar-refractivity contribution is -0.116. The first-order chi connectivity index (χ1) is 14.7. The Morgan fingerprint density at radius 1 is 0.900 bits per heavy atom. The van der Waals surface area contributed by atoms with Crippen LogP contribution in [-0.2, 0) is 4.79 Å². The number of aromatic nitrogens is 1. The van der Waals surface area contributed by atoms with Crippen LogP contribution in [0.5, 0.6) is 0 Å². The van der Waals surface area contributed by atoms with E-state index >= 15 is 0 Å². The van der Waals surface area contributed by atoms with Gasteiger partial charge in [-0.2, -0.15) is 0 Å². The van der Waals surface area contributed by atoms with Crippen LogP contribution in [0.25, 0.3) is 0 Å². The Bertz CT molecular complexity index is 896. The lowest BCUT2D eigenvalue weighted by Gasteiger charge is -2.34. The molecule has 4 rings (SSSR count). The second-order valence-electron chi connectivity index (χ2n) is 7.57. The largest absolute Gasteiger partial charge is 0.354 e. The molecule has 1 aromatic heterocycles. The molecular formula is C25H28N4O. The zero-order chi connectivity index (χ0) is 20.8. The summed E-state index contributed by atoms with van der Waals surface area (Å²) in [6.45, 7) is 7.38. The van der Waals surface area contributed by atoms with Crippen molar-refractivity contribution < 1.29 is 4.79 Å². The van der Waals surface area contributed by atoms with E-state index in [9.17, 15) is 4.79 Å². The molecule has 1 amide bonds. The molecule has 0 saturated carbocycles. The number of anilines is 2. The Labute approximate surface area is 178 Å². The molecule has 1 N–H and O–H groups in total. The van der Waals surface area contributed by atoms with Gasteiger partial charge in [0.25, 0.3) is 0 Å². The normalized spacial score (nSPS) is 14.7. The van der Waals surface area contributed by atoms with Gasteiger partial charge in [0.15, 0.2) is 0 Å². The molecule has 0 aliphatic carbocycles. The van der Waals surface area contributed by atoms with Crippen LogP contribution in [0.15, 0.2) is 79.0 Å². The fraction of sp³-hybridized carbons (Fsp3) is 0.280. The van der Waals surface area contributed by atoms with Gasteiger partial charge in [-0.25, -0.2) is 4.98 Å². The third kappa shape index (κ3) is 4.69. The van der Waals surface area contributed by atoms with E-state index in [4.69, 9.17) is 0 Å². The van der Waals surface area contributed by atoms with Gasteiger partial charge in [-0.05, 0) is 29.8 Å². The van der Waals surface area contributed by atoms with Gasteiger partial charge in [0.1, 0.15) is 5.82 Å². The number of carbonyl (C=O) groups excluding carboxylic acids is 1. The number of likely N-dealkylation sites (N-methyl/N-ethyl adjacent to an activating group) is 1. The van der Waals surface area contributed by atoms with Crippen LogP contribution >= 0.6 is 0 Å². The SMILES string of the molecule is CCN1CCN(c2ccc(NC(=O)C(c3ccccc3)c3ccccc3)cn2)CC1. The summed E-state index contributed by atoms with van der Waals surface area (Å²) >= 11 is 0. The molecule has 0 spiro atoms. The van der Waals surface area contributed by atoms with Crippen LogP contribution in [0.3, 0.4) is 0 Å². The van der Waals surface area contributed by atoms with E-state index in [-0.39, 0.29) is 11.8 Å². The molecule has 3 aromatic rings. The third-order valence-corrected chi connectivity index (χ3v) is 5.69. The molecule has 1 fully saturated rings. The van der Waals surface area contributed by atoms with E-state index in [1.165, 1.54) is 0 Å². The lowest BCUT2D eigenvalue weighted by Crippen LogP contribution is -2.46. The van der Waals surface area contributed by atoms with E-state index in [1.807, 2.05) is 72.8 Å². The smallest absolute Gasteiger partial charge is 0.236 e. The van der Waals surface area contributed by atoms with E-state index in [2.05, 4.69) is 27.0 Å². The molecule has 0 unspecified atom stereocenters. The molecule has 5 heteroatoms. The number of benzene rings is 2. The Balaban J connectivity index is 1.48. The zero-order valence-corrected chi connectivity index (χ0v) is 17.4. The van der Waals surface area contributed by atoms with Crippen molar-refractivity contribution in [2.45, 2.75) is 12.8 Å². The lowest BCUT2D eigenvalue weighted by atomic mass is 9.90. The van der Waals surface area contributed by atoms with E-state index in [0.717, 1.165) is 49.7 Å². The number of nitrogens with zero attached hydrogens (tertiary/aromatic N) is 3. The van der Waals surface area contributed by atoms with Gasteiger partial charge in [0.2, 0.25) is 5.91 Å². The Morgan fingerprint density at radius 2 is 1.50 bits per heavy atom. The summed E-state index contributed by atoms with van der Waals surface area (Å²) in [7, 11) is 0. The highest BCUT2D eigenvalue weighted by molar-refractivity contribution is 5.98. The van der Waals surface area contributed by atoms with Gasteiger partial charge in [0.05, 0.1) is 17.8 Å². The van der Waals surface area contributed by atoms with E-state index in [1.54, 1.807) is 6.20 Å². The predicted molar refractivity (Wildman–Crippen MR) is 122 cm³/mol. The van der Waals surface area contributed by atoms with Crippen molar-refractivity contribution in [1.29, 1.82) is 0 Å². The molecule has 2 heterocycles. The number of amides is 1. The van der Waals surface area contributed by atoms with Crippen molar-refractivity contribution >= 4 is 17.4 Å². The number of pyridine rings is 1. The molecule has 1 saturated heterocycles. The minimum Gasteiger partial charge on any atom is -0.354 e. The Morgan fingerprint density at radius 3 is 2.00 bits per heavy atom. The highest BCUT2D eigenvalue weighted by Gasteiger charge is 2.23. The molecule has 154 valence electrons. The van der Waals surface area contributed by atoms with Gasteiger partial charge in [-0.3, -0.25) is 4.79 Å². The standard InChI is InChI=1S/C25H28N4O/c1-2-28-15-17-29(18-16-28)23-14-13-22(19-26-23)27-25(30)24(20-9-5-3-6-10-20)21-11-7-4-8-12-21/h3-14,19,24H,2,15-18H2,1H3,(H,27,30). The summed E-state index contributed by atoms with van der Waals surface area (Å²) in [5.74, 6) is 0.541. The van der Waals surface area contributed by atoms with Crippen LogP contribution in [0.4, 0.5) is 11.5 Å². The molecule has 5 nitrogen and oxygen atoms in total. The maximum atomic E-state index is 13.2. The second kappa shape index (κ2) is 9.55. The van der Waals surface area contributed by atoms with Crippen LogP contribution in [0, 0.1) is 0 Å². The maximum absolute atomic E-state index is 13.2. The van der Waals surface area contributed by atoms with Gasteiger partial charge in [0, 0.05) is 26.2 Å². The number of piperazine rings is 1. The first-order valence-corrected chi connectivity index (χ1v) is 10.6. The Hall–Kier alpha value is -3.18. The van der Waals surface area contributed by atoms with Crippen molar-refractivity contribution in [1.82, 2.24) is 9.88 Å². The summed E-state index contributed by atoms with van der Waals surface area (Å²) in [6, 6.07) is 23.7. The summed E-state index contributed by atoms with van der Waals surface area (Å²) in [6.07, 6.45) is 1.76. The van der Waals surface area contributed by atoms with Gasteiger partial charge in [-0.15, -0.1) is 0 Å². The van der Waals surface area contributed by atoms with Crippen molar-refractivity contribution in [3.63, 3.8) is 0 Å². The van der Waals surface area contributed by atoms with Crippen LogP contribution < -0.4 is 10.2 Å². The van der Waals surface area contributed by atoms with Gasteiger partial charge >= 0.3 is 0 Å². The van der Waals surface area contributed by atoms with Crippen LogP contribution in [0.2, 0.25) is 0 Å². The minimum absolute atomic E-state index is 0.0569. The summed E-state index contributed by atoms with van der Waals surface area (Å²) in [5.41, 5.74) is 2.66. The average Bonchev–Trinajstić information content (AvgIpc) is 2.81. The molecule has 30 heavy (non-hydrogen) atoms. The van der Waals surface area contributed by atoms with E-state index in [0.29, 0.717) is 5.69 Å². The molecule has 2 aromatic carbocycles. The van der Waals surface area contributed by atoms with Crippen LogP contribution in [0.1, 0.15) is 24.0 Å². The monoisotopic (exact) mass is 400 g/mol. The molecule has 0 atom stereocenters. The maximum Gasteiger partial charge on any atom is 0.236 e. The number of hydrogen-bond acceptors (Lipinski definition) is 4. The van der Waals surface area contributed by atoms with Crippen molar-refractivity contribution in [3.05, 3.63) is 90.1 Å². The predicted octanol–water partition coefficient (Wildman–Crippen LogP) is 3.99. The quantitative estimate of drug-likeness (QED) is 0.680. The molecule has 0 radical (unpaired) electrons. The van der Waals surface area contributed by atoms with Gasteiger partial charge in [-0.1, -0.05) is 67.6 Å². The summed E-state index contributed by atoms with van der Waals surface area (Å²) < 4.78 is 0. The topological polar surface area (TPSA) is 48.5 Å². The molecule has 1 aliphatic heterocycles. The fourth-order valence-corrected chi connectivity index (χ4v) is 3.94. The number of hydrogen-bond donors (Lipinski definition) is 1. The number of nitrogens with one attached hydrogen (secondary N) is 1. The van der Waals surface area contributed by atoms with Crippen molar-refractivity contribution in [2.24, 2.45) is 0 Å². The van der Waals surface area contributed by atoms with Gasteiger partial charge < -0.3 is 15.1 Å². The second-order valence-corrected chi connectivity index (χ2v) is 7.57. The van der Waals surface area contributed by atoms with Crippen molar-refractivity contribution in [3.8, 4) is 0 Å². The molecule has 1 aliphatic rings. The summed E-state index contributed by atoms with van der Waals surface area (Å²) in [5, 5.41) is 3.06.